The fourth-order valence-electron chi connectivity index (χ4n) is 3.26. The molecule has 0 spiro atoms. The number of hydrogen-bond acceptors (Lipinski definition) is 4. The lowest BCUT2D eigenvalue weighted by molar-refractivity contribution is 0.0626. The SMILES string of the molecule is O=C(c1cc(F)ccc1Br)N1CCN(Cc2csc(-c3ccccc3)n2)CC1. The van der Waals surface area contributed by atoms with E-state index in [0.29, 0.717) is 23.1 Å². The van der Waals surface area contributed by atoms with Crippen molar-refractivity contribution in [3.63, 3.8) is 0 Å². The van der Waals surface area contributed by atoms with Gasteiger partial charge in [0.05, 0.1) is 11.3 Å². The van der Waals surface area contributed by atoms with E-state index in [2.05, 4.69) is 38.3 Å². The monoisotopic (exact) mass is 459 g/mol. The highest BCUT2D eigenvalue weighted by molar-refractivity contribution is 9.10. The van der Waals surface area contributed by atoms with Gasteiger partial charge in [0.15, 0.2) is 0 Å². The summed E-state index contributed by atoms with van der Waals surface area (Å²) in [4.78, 5) is 21.5. The van der Waals surface area contributed by atoms with Crippen LogP contribution in [-0.4, -0.2) is 46.9 Å². The number of benzene rings is 2. The van der Waals surface area contributed by atoms with Gasteiger partial charge in [0.1, 0.15) is 10.8 Å². The zero-order chi connectivity index (χ0) is 19.5. The van der Waals surface area contributed by atoms with Crippen molar-refractivity contribution >= 4 is 33.2 Å². The fraction of sp³-hybridized carbons (Fsp3) is 0.238. The number of carbonyl (C=O) groups excluding carboxylic acids is 1. The van der Waals surface area contributed by atoms with Crippen LogP contribution in [0.2, 0.25) is 0 Å². The van der Waals surface area contributed by atoms with Crippen LogP contribution < -0.4 is 0 Å². The minimum atomic E-state index is -0.400. The zero-order valence-electron chi connectivity index (χ0n) is 15.1. The van der Waals surface area contributed by atoms with Gasteiger partial charge in [0.25, 0.3) is 5.91 Å². The number of piperazine rings is 1. The van der Waals surface area contributed by atoms with E-state index in [0.717, 1.165) is 35.9 Å². The summed E-state index contributed by atoms with van der Waals surface area (Å²) in [6, 6.07) is 14.4. The number of hydrogen-bond donors (Lipinski definition) is 0. The maximum Gasteiger partial charge on any atom is 0.255 e. The van der Waals surface area contributed by atoms with Crippen molar-refractivity contribution in [1.82, 2.24) is 14.8 Å². The van der Waals surface area contributed by atoms with E-state index in [4.69, 9.17) is 4.98 Å². The molecule has 0 unspecified atom stereocenters. The van der Waals surface area contributed by atoms with Gasteiger partial charge >= 0.3 is 0 Å². The van der Waals surface area contributed by atoms with Crippen LogP contribution in [0, 0.1) is 5.82 Å². The van der Waals surface area contributed by atoms with Crippen molar-refractivity contribution in [3.8, 4) is 10.6 Å². The number of aromatic nitrogens is 1. The normalized spacial score (nSPS) is 15.0. The van der Waals surface area contributed by atoms with Gasteiger partial charge < -0.3 is 4.90 Å². The molecule has 0 bridgehead atoms. The lowest BCUT2D eigenvalue weighted by Gasteiger charge is -2.34. The molecule has 1 aromatic heterocycles. The van der Waals surface area contributed by atoms with Crippen LogP contribution in [0.3, 0.4) is 0 Å². The summed E-state index contributed by atoms with van der Waals surface area (Å²) in [7, 11) is 0. The third-order valence-electron chi connectivity index (χ3n) is 4.78. The number of nitrogens with zero attached hydrogens (tertiary/aromatic N) is 3. The van der Waals surface area contributed by atoms with Gasteiger partial charge in [0.2, 0.25) is 0 Å². The molecule has 2 aromatic carbocycles. The van der Waals surface area contributed by atoms with Crippen LogP contribution in [0.15, 0.2) is 58.4 Å². The smallest absolute Gasteiger partial charge is 0.255 e. The topological polar surface area (TPSA) is 36.4 Å². The van der Waals surface area contributed by atoms with Crippen LogP contribution in [0.25, 0.3) is 10.6 Å². The summed E-state index contributed by atoms with van der Waals surface area (Å²) in [5.41, 5.74) is 2.56. The largest absolute Gasteiger partial charge is 0.336 e. The third-order valence-corrected chi connectivity index (χ3v) is 6.41. The standard InChI is InChI=1S/C21H19BrFN3OS/c22-19-7-6-16(23)12-18(19)21(27)26-10-8-25(9-11-26)13-17-14-28-20(24-17)15-4-2-1-3-5-15/h1-7,12,14H,8-11,13H2. The van der Waals surface area contributed by atoms with E-state index >= 15 is 0 Å². The predicted octanol–water partition coefficient (Wildman–Crippen LogP) is 4.67. The van der Waals surface area contributed by atoms with E-state index in [-0.39, 0.29) is 5.91 Å². The number of rotatable bonds is 4. The Bertz CT molecular complexity index is 971. The van der Waals surface area contributed by atoms with E-state index < -0.39 is 5.82 Å². The minimum Gasteiger partial charge on any atom is -0.336 e. The molecule has 1 fully saturated rings. The molecule has 0 aliphatic carbocycles. The molecule has 1 aliphatic heterocycles. The molecule has 0 N–H and O–H groups in total. The molecule has 1 amide bonds. The van der Waals surface area contributed by atoms with Gasteiger partial charge in [-0.1, -0.05) is 30.3 Å². The molecule has 1 saturated heterocycles. The molecule has 7 heteroatoms. The Hall–Kier alpha value is -2.09. The third kappa shape index (κ3) is 4.32. The lowest BCUT2D eigenvalue weighted by atomic mass is 10.1. The number of halogens is 2. The average Bonchev–Trinajstić information content (AvgIpc) is 3.19. The fourth-order valence-corrected chi connectivity index (χ4v) is 4.50. The Morgan fingerprint density at radius 1 is 1.11 bits per heavy atom. The second kappa shape index (κ2) is 8.51. The van der Waals surface area contributed by atoms with Crippen LogP contribution in [0.1, 0.15) is 16.1 Å². The Morgan fingerprint density at radius 3 is 2.61 bits per heavy atom. The maximum absolute atomic E-state index is 13.5. The highest BCUT2D eigenvalue weighted by Gasteiger charge is 2.24. The summed E-state index contributed by atoms with van der Waals surface area (Å²) in [5.74, 6) is -0.533. The van der Waals surface area contributed by atoms with E-state index in [1.54, 1.807) is 22.3 Å². The molecule has 0 radical (unpaired) electrons. The number of thiazole rings is 1. The van der Waals surface area contributed by atoms with Crippen LogP contribution >= 0.6 is 27.3 Å². The van der Waals surface area contributed by atoms with E-state index in [1.807, 2.05) is 18.2 Å². The summed E-state index contributed by atoms with van der Waals surface area (Å²) < 4.78 is 14.1. The van der Waals surface area contributed by atoms with Gasteiger partial charge in [-0.2, -0.15) is 0 Å². The minimum absolute atomic E-state index is 0.133. The zero-order valence-corrected chi connectivity index (χ0v) is 17.5. The van der Waals surface area contributed by atoms with Gasteiger partial charge in [0, 0.05) is 48.1 Å². The number of amides is 1. The summed E-state index contributed by atoms with van der Waals surface area (Å²) in [6.07, 6.45) is 0. The van der Waals surface area contributed by atoms with Crippen molar-refractivity contribution in [3.05, 3.63) is 75.5 Å². The number of carbonyl (C=O) groups is 1. The first-order valence-electron chi connectivity index (χ1n) is 9.06. The molecule has 2 heterocycles. The van der Waals surface area contributed by atoms with Gasteiger partial charge in [-0.15, -0.1) is 11.3 Å². The highest BCUT2D eigenvalue weighted by Crippen LogP contribution is 2.24. The second-order valence-corrected chi connectivity index (χ2v) is 8.41. The second-order valence-electron chi connectivity index (χ2n) is 6.70. The van der Waals surface area contributed by atoms with Crippen LogP contribution in [0.4, 0.5) is 4.39 Å². The molecule has 28 heavy (non-hydrogen) atoms. The van der Waals surface area contributed by atoms with Crippen molar-refractivity contribution in [1.29, 1.82) is 0 Å². The summed E-state index contributed by atoms with van der Waals surface area (Å²) in [6.45, 7) is 3.57. The Morgan fingerprint density at radius 2 is 1.86 bits per heavy atom. The maximum atomic E-state index is 13.5. The molecular formula is C21H19BrFN3OS. The molecule has 4 rings (SSSR count). The van der Waals surface area contributed by atoms with Crippen molar-refractivity contribution in [2.45, 2.75) is 6.54 Å². The highest BCUT2D eigenvalue weighted by atomic mass is 79.9. The van der Waals surface area contributed by atoms with Gasteiger partial charge in [-0.25, -0.2) is 9.37 Å². The quantitative estimate of drug-likeness (QED) is 0.568. The Balaban J connectivity index is 1.35. The van der Waals surface area contributed by atoms with Crippen molar-refractivity contribution in [2.24, 2.45) is 0 Å². The first kappa shape index (κ1) is 19.2. The predicted molar refractivity (Wildman–Crippen MR) is 113 cm³/mol. The molecule has 0 atom stereocenters. The molecule has 4 nitrogen and oxygen atoms in total. The molecule has 3 aromatic rings. The first-order chi connectivity index (χ1) is 13.6. The van der Waals surface area contributed by atoms with E-state index in [1.165, 1.54) is 12.1 Å². The van der Waals surface area contributed by atoms with E-state index in [9.17, 15) is 9.18 Å². The molecule has 0 saturated carbocycles. The lowest BCUT2D eigenvalue weighted by Crippen LogP contribution is -2.48. The molecular weight excluding hydrogens is 441 g/mol. The van der Waals surface area contributed by atoms with Gasteiger partial charge in [-0.3, -0.25) is 9.69 Å². The summed E-state index contributed by atoms with van der Waals surface area (Å²) in [5, 5.41) is 3.13. The Kier molecular flexibility index (Phi) is 5.85. The van der Waals surface area contributed by atoms with Crippen LogP contribution in [-0.2, 0) is 6.54 Å². The molecule has 144 valence electrons. The Labute approximate surface area is 175 Å². The van der Waals surface area contributed by atoms with Crippen LogP contribution in [0.5, 0.6) is 0 Å². The van der Waals surface area contributed by atoms with Crippen molar-refractivity contribution in [2.75, 3.05) is 26.2 Å². The average molecular weight is 460 g/mol. The molecule has 1 aliphatic rings. The summed E-state index contributed by atoms with van der Waals surface area (Å²) >= 11 is 5.00. The first-order valence-corrected chi connectivity index (χ1v) is 10.7. The van der Waals surface area contributed by atoms with Crippen molar-refractivity contribution < 1.29 is 9.18 Å². The van der Waals surface area contributed by atoms with Gasteiger partial charge in [-0.05, 0) is 34.1 Å².